The van der Waals surface area contributed by atoms with Gasteiger partial charge in [0.15, 0.2) is 0 Å². The molecular weight excluding hydrogens is 221 g/mol. The zero-order valence-electron chi connectivity index (χ0n) is 9.26. The van der Waals surface area contributed by atoms with Crippen LogP contribution in [0.25, 0.3) is 0 Å². The topological polar surface area (TPSA) is 37.3 Å². The second kappa shape index (κ2) is 5.06. The van der Waals surface area contributed by atoms with Crippen molar-refractivity contribution >= 4 is 5.97 Å². The first-order chi connectivity index (χ1) is 7.30. The Balaban J connectivity index is 2.71. The van der Waals surface area contributed by atoms with Crippen molar-refractivity contribution in [2.24, 2.45) is 17.8 Å². The third-order valence-corrected chi connectivity index (χ3v) is 3.36. The van der Waals surface area contributed by atoms with Crippen LogP contribution >= 0.6 is 0 Å². The quantitative estimate of drug-likeness (QED) is 0.817. The molecule has 0 heterocycles. The highest BCUT2D eigenvalue weighted by atomic mass is 19.4. The van der Waals surface area contributed by atoms with E-state index in [1.807, 2.05) is 6.92 Å². The van der Waals surface area contributed by atoms with Gasteiger partial charge in [-0.1, -0.05) is 19.8 Å². The highest BCUT2D eigenvalue weighted by Gasteiger charge is 2.46. The highest BCUT2D eigenvalue weighted by molar-refractivity contribution is 5.67. The fourth-order valence-corrected chi connectivity index (χ4v) is 2.58. The fourth-order valence-electron chi connectivity index (χ4n) is 2.58. The number of carboxylic acid groups (broad SMARTS) is 1. The Morgan fingerprint density at radius 3 is 2.50 bits per heavy atom. The van der Waals surface area contributed by atoms with E-state index in [-0.39, 0.29) is 5.92 Å². The molecule has 3 unspecified atom stereocenters. The van der Waals surface area contributed by atoms with E-state index in [4.69, 9.17) is 5.11 Å². The van der Waals surface area contributed by atoms with Crippen LogP contribution in [0, 0.1) is 17.8 Å². The van der Waals surface area contributed by atoms with Gasteiger partial charge in [-0.3, -0.25) is 4.79 Å². The number of hydrogen-bond donors (Lipinski definition) is 1. The van der Waals surface area contributed by atoms with Crippen molar-refractivity contribution < 1.29 is 23.1 Å². The molecule has 16 heavy (non-hydrogen) atoms. The number of halogens is 3. The van der Waals surface area contributed by atoms with E-state index in [1.54, 1.807) is 0 Å². The molecule has 1 N–H and O–H groups in total. The van der Waals surface area contributed by atoms with Crippen molar-refractivity contribution in [1.82, 2.24) is 0 Å². The van der Waals surface area contributed by atoms with Crippen LogP contribution in [-0.4, -0.2) is 17.3 Å². The molecule has 1 aliphatic carbocycles. The minimum absolute atomic E-state index is 0.275. The summed E-state index contributed by atoms with van der Waals surface area (Å²) in [5.41, 5.74) is 0. The van der Waals surface area contributed by atoms with Gasteiger partial charge >= 0.3 is 12.1 Å². The van der Waals surface area contributed by atoms with Crippen LogP contribution in [-0.2, 0) is 4.79 Å². The molecule has 0 amide bonds. The monoisotopic (exact) mass is 238 g/mol. The second-order valence-corrected chi connectivity index (χ2v) is 4.78. The van der Waals surface area contributed by atoms with Gasteiger partial charge in [0, 0.05) is 0 Å². The van der Waals surface area contributed by atoms with Gasteiger partial charge in [-0.25, -0.2) is 0 Å². The summed E-state index contributed by atoms with van der Waals surface area (Å²) >= 11 is 0. The number of alkyl halides is 3. The summed E-state index contributed by atoms with van der Waals surface area (Å²) in [7, 11) is 0. The molecule has 1 rings (SSSR count). The Morgan fingerprint density at radius 2 is 2.06 bits per heavy atom. The molecule has 0 saturated heterocycles. The largest absolute Gasteiger partial charge is 0.481 e. The molecule has 1 fully saturated rings. The molecule has 1 saturated carbocycles. The maximum atomic E-state index is 12.7. The lowest BCUT2D eigenvalue weighted by atomic mass is 9.74. The Labute approximate surface area is 92.8 Å². The van der Waals surface area contributed by atoms with Crippen LogP contribution in [0.3, 0.4) is 0 Å². The van der Waals surface area contributed by atoms with Crippen LogP contribution in [0.15, 0.2) is 0 Å². The summed E-state index contributed by atoms with van der Waals surface area (Å²) in [6, 6.07) is 0. The van der Waals surface area contributed by atoms with Crippen molar-refractivity contribution in [1.29, 1.82) is 0 Å². The van der Waals surface area contributed by atoms with E-state index < -0.39 is 30.4 Å². The van der Waals surface area contributed by atoms with Gasteiger partial charge in [0.2, 0.25) is 0 Å². The van der Waals surface area contributed by atoms with Crippen LogP contribution in [0.1, 0.15) is 39.0 Å². The highest BCUT2D eigenvalue weighted by Crippen LogP contribution is 2.42. The van der Waals surface area contributed by atoms with Crippen LogP contribution in [0.4, 0.5) is 13.2 Å². The van der Waals surface area contributed by atoms with E-state index in [0.717, 1.165) is 12.8 Å². The van der Waals surface area contributed by atoms with E-state index >= 15 is 0 Å². The third kappa shape index (κ3) is 3.68. The van der Waals surface area contributed by atoms with Crippen molar-refractivity contribution in [3.05, 3.63) is 0 Å². The first kappa shape index (κ1) is 13.3. The van der Waals surface area contributed by atoms with Crippen molar-refractivity contribution in [3.8, 4) is 0 Å². The molecule has 0 aromatic heterocycles. The molecule has 2 nitrogen and oxygen atoms in total. The van der Waals surface area contributed by atoms with Crippen LogP contribution < -0.4 is 0 Å². The standard InChI is InChI=1S/C11H17F3O2/c1-7-3-2-4-8(5-7)9(6-10(15)16)11(12,13)14/h7-9H,2-6H2,1H3,(H,15,16). The SMILES string of the molecule is CC1CCCC(C(CC(=O)O)C(F)(F)F)C1. The first-order valence-corrected chi connectivity index (χ1v) is 5.59. The van der Waals surface area contributed by atoms with E-state index in [1.165, 1.54) is 0 Å². The smallest absolute Gasteiger partial charge is 0.392 e. The third-order valence-electron chi connectivity index (χ3n) is 3.36. The Hall–Kier alpha value is -0.740. The summed E-state index contributed by atoms with van der Waals surface area (Å²) < 4.78 is 38.2. The number of rotatable bonds is 3. The lowest BCUT2D eigenvalue weighted by Gasteiger charge is -2.33. The fraction of sp³-hybridized carbons (Fsp3) is 0.909. The number of hydrogen-bond acceptors (Lipinski definition) is 1. The van der Waals surface area contributed by atoms with Crippen molar-refractivity contribution in [2.75, 3.05) is 0 Å². The molecule has 0 radical (unpaired) electrons. The number of carbonyl (C=O) groups is 1. The Kier molecular flexibility index (Phi) is 4.21. The summed E-state index contributed by atoms with van der Waals surface area (Å²) in [6.07, 6.45) is -2.45. The van der Waals surface area contributed by atoms with Crippen molar-refractivity contribution in [3.63, 3.8) is 0 Å². The second-order valence-electron chi connectivity index (χ2n) is 4.78. The number of aliphatic carboxylic acids is 1. The maximum absolute atomic E-state index is 12.7. The summed E-state index contributed by atoms with van der Waals surface area (Å²) in [5.74, 6) is -3.27. The first-order valence-electron chi connectivity index (χ1n) is 5.59. The molecule has 5 heteroatoms. The average Bonchev–Trinajstić information content (AvgIpc) is 2.12. The van der Waals surface area contributed by atoms with E-state index in [9.17, 15) is 18.0 Å². The van der Waals surface area contributed by atoms with Gasteiger partial charge in [0.25, 0.3) is 0 Å². The molecule has 0 aliphatic heterocycles. The molecule has 3 atom stereocenters. The van der Waals surface area contributed by atoms with Gasteiger partial charge in [-0.2, -0.15) is 13.2 Å². The summed E-state index contributed by atoms with van der Waals surface area (Å²) in [4.78, 5) is 10.5. The lowest BCUT2D eigenvalue weighted by Crippen LogP contribution is -2.34. The molecule has 1 aliphatic rings. The van der Waals surface area contributed by atoms with Gasteiger partial charge in [-0.15, -0.1) is 0 Å². The predicted octanol–water partition coefficient (Wildman–Crippen LogP) is 3.47. The molecule has 0 bridgehead atoms. The normalized spacial score (nSPS) is 28.8. The Morgan fingerprint density at radius 1 is 1.44 bits per heavy atom. The summed E-state index contributed by atoms with van der Waals surface area (Å²) in [5, 5.41) is 8.54. The zero-order valence-corrected chi connectivity index (χ0v) is 9.26. The van der Waals surface area contributed by atoms with Gasteiger partial charge in [-0.05, 0) is 24.7 Å². The minimum atomic E-state index is -4.39. The van der Waals surface area contributed by atoms with E-state index in [0.29, 0.717) is 12.8 Å². The molecule has 0 spiro atoms. The lowest BCUT2D eigenvalue weighted by molar-refractivity contribution is -0.199. The summed E-state index contributed by atoms with van der Waals surface area (Å²) in [6.45, 7) is 1.93. The van der Waals surface area contributed by atoms with Crippen LogP contribution in [0.5, 0.6) is 0 Å². The molecular formula is C11H17F3O2. The number of carboxylic acids is 1. The molecule has 0 aromatic rings. The van der Waals surface area contributed by atoms with Gasteiger partial charge in [0.1, 0.15) is 0 Å². The Bertz CT molecular complexity index is 250. The van der Waals surface area contributed by atoms with E-state index in [2.05, 4.69) is 0 Å². The maximum Gasteiger partial charge on any atom is 0.392 e. The van der Waals surface area contributed by atoms with Crippen LogP contribution in [0.2, 0.25) is 0 Å². The molecule has 0 aromatic carbocycles. The van der Waals surface area contributed by atoms with Gasteiger partial charge < -0.3 is 5.11 Å². The molecule has 94 valence electrons. The zero-order chi connectivity index (χ0) is 12.3. The average molecular weight is 238 g/mol. The predicted molar refractivity (Wildman–Crippen MR) is 52.9 cm³/mol. The minimum Gasteiger partial charge on any atom is -0.481 e. The van der Waals surface area contributed by atoms with Crippen molar-refractivity contribution in [2.45, 2.75) is 45.2 Å². The van der Waals surface area contributed by atoms with Gasteiger partial charge in [0.05, 0.1) is 12.3 Å².